The molecule has 2 aromatic carbocycles. The van der Waals surface area contributed by atoms with Gasteiger partial charge in [0.05, 0.1) is 12.3 Å². The van der Waals surface area contributed by atoms with Gasteiger partial charge >= 0.3 is 0 Å². The molecule has 2 rings (SSSR count). The minimum atomic E-state index is 0.655. The first-order valence-electron chi connectivity index (χ1n) is 8.61. The fourth-order valence-electron chi connectivity index (χ4n) is 2.29. The summed E-state index contributed by atoms with van der Waals surface area (Å²) in [6, 6.07) is 16.4. The van der Waals surface area contributed by atoms with Crippen LogP contribution in [0.15, 0.2) is 53.5 Å². The van der Waals surface area contributed by atoms with Gasteiger partial charge in [0.2, 0.25) is 0 Å². The van der Waals surface area contributed by atoms with Crippen molar-refractivity contribution in [2.24, 2.45) is 4.99 Å². The smallest absolute Gasteiger partial charge is 0.119 e. The standard InChI is InChI=1S/C22H25NO/c1-3-5-7-17-24-22-15-11-20(12-16-22)18-23-21-13-9-19(10-14-21)8-6-4-2/h1,9-16,18H,4-8,17H2,2H3. The van der Waals surface area contributed by atoms with E-state index in [0.29, 0.717) is 6.61 Å². The van der Waals surface area contributed by atoms with Crippen LogP contribution < -0.4 is 4.74 Å². The highest BCUT2D eigenvalue weighted by Crippen LogP contribution is 2.16. The molecule has 0 spiro atoms. The van der Waals surface area contributed by atoms with Crippen molar-refractivity contribution in [3.63, 3.8) is 0 Å². The number of unbranched alkanes of at least 4 members (excludes halogenated alkanes) is 2. The van der Waals surface area contributed by atoms with Crippen molar-refractivity contribution in [1.29, 1.82) is 0 Å². The molecule has 0 amide bonds. The van der Waals surface area contributed by atoms with Gasteiger partial charge in [-0.15, -0.1) is 12.3 Å². The van der Waals surface area contributed by atoms with Crippen molar-refractivity contribution >= 4 is 11.9 Å². The highest BCUT2D eigenvalue weighted by atomic mass is 16.5. The Kier molecular flexibility index (Phi) is 7.63. The summed E-state index contributed by atoms with van der Waals surface area (Å²) in [6.45, 7) is 2.87. The van der Waals surface area contributed by atoms with Crippen molar-refractivity contribution in [3.8, 4) is 18.1 Å². The minimum absolute atomic E-state index is 0.655. The molecule has 2 aromatic rings. The Balaban J connectivity index is 1.86. The molecule has 24 heavy (non-hydrogen) atoms. The van der Waals surface area contributed by atoms with Gasteiger partial charge in [0, 0.05) is 12.6 Å². The summed E-state index contributed by atoms with van der Waals surface area (Å²) in [4.78, 5) is 4.53. The van der Waals surface area contributed by atoms with Crippen LogP contribution in [0, 0.1) is 12.3 Å². The van der Waals surface area contributed by atoms with E-state index in [0.717, 1.165) is 36.3 Å². The topological polar surface area (TPSA) is 21.6 Å². The second-order valence-electron chi connectivity index (χ2n) is 5.75. The zero-order valence-corrected chi connectivity index (χ0v) is 14.4. The first kappa shape index (κ1) is 17.8. The number of ether oxygens (including phenoxy) is 1. The van der Waals surface area contributed by atoms with Crippen LogP contribution in [0.25, 0.3) is 0 Å². The molecule has 0 unspecified atom stereocenters. The van der Waals surface area contributed by atoms with Crippen LogP contribution in [0.2, 0.25) is 0 Å². The quantitative estimate of drug-likeness (QED) is 0.336. The van der Waals surface area contributed by atoms with Crippen LogP contribution in [0.4, 0.5) is 5.69 Å². The van der Waals surface area contributed by atoms with Gasteiger partial charge in [-0.05, 0) is 66.8 Å². The molecule has 2 nitrogen and oxygen atoms in total. The Morgan fingerprint density at radius 1 is 1.04 bits per heavy atom. The van der Waals surface area contributed by atoms with Gasteiger partial charge in [-0.25, -0.2) is 0 Å². The number of terminal acetylenes is 1. The van der Waals surface area contributed by atoms with E-state index in [1.165, 1.54) is 18.4 Å². The zero-order valence-electron chi connectivity index (χ0n) is 14.4. The lowest BCUT2D eigenvalue weighted by Crippen LogP contribution is -1.96. The largest absolute Gasteiger partial charge is 0.494 e. The monoisotopic (exact) mass is 319 g/mol. The molecule has 0 atom stereocenters. The van der Waals surface area contributed by atoms with E-state index in [2.05, 4.69) is 42.1 Å². The van der Waals surface area contributed by atoms with Crippen molar-refractivity contribution in [3.05, 3.63) is 59.7 Å². The molecule has 0 saturated carbocycles. The van der Waals surface area contributed by atoms with Gasteiger partial charge in [0.15, 0.2) is 0 Å². The molecule has 124 valence electrons. The first-order valence-corrected chi connectivity index (χ1v) is 8.61. The third kappa shape index (κ3) is 6.30. The lowest BCUT2D eigenvalue weighted by molar-refractivity contribution is 0.313. The maximum Gasteiger partial charge on any atom is 0.119 e. The Labute approximate surface area is 145 Å². The third-order valence-electron chi connectivity index (χ3n) is 3.73. The molecule has 0 radical (unpaired) electrons. The Bertz CT molecular complexity index is 663. The number of nitrogens with zero attached hydrogens (tertiary/aromatic N) is 1. The number of hydrogen-bond donors (Lipinski definition) is 0. The van der Waals surface area contributed by atoms with Crippen LogP contribution in [0.5, 0.6) is 5.75 Å². The summed E-state index contributed by atoms with van der Waals surface area (Å²) in [5, 5.41) is 0. The molecule has 0 aliphatic carbocycles. The average molecular weight is 319 g/mol. The summed E-state index contributed by atoms with van der Waals surface area (Å²) < 4.78 is 5.63. The Morgan fingerprint density at radius 3 is 2.46 bits per heavy atom. The Hall–Kier alpha value is -2.53. The van der Waals surface area contributed by atoms with Gasteiger partial charge in [0.25, 0.3) is 0 Å². The van der Waals surface area contributed by atoms with Crippen molar-refractivity contribution in [1.82, 2.24) is 0 Å². The summed E-state index contributed by atoms with van der Waals surface area (Å²) >= 11 is 0. The predicted octanol–water partition coefficient (Wildman–Crippen LogP) is 5.57. The predicted molar refractivity (Wildman–Crippen MR) is 102 cm³/mol. The van der Waals surface area contributed by atoms with E-state index in [4.69, 9.17) is 11.2 Å². The van der Waals surface area contributed by atoms with Crippen molar-refractivity contribution < 1.29 is 4.74 Å². The van der Waals surface area contributed by atoms with Crippen LogP contribution >= 0.6 is 0 Å². The summed E-state index contributed by atoms with van der Waals surface area (Å²) in [7, 11) is 0. The maximum atomic E-state index is 5.63. The average Bonchev–Trinajstić information content (AvgIpc) is 2.64. The van der Waals surface area contributed by atoms with Crippen LogP contribution in [0.1, 0.15) is 43.7 Å². The molecular formula is C22H25NO. The molecule has 2 heteroatoms. The molecule has 0 fully saturated rings. The van der Waals surface area contributed by atoms with Gasteiger partial charge in [-0.1, -0.05) is 25.5 Å². The molecular weight excluding hydrogens is 294 g/mol. The second kappa shape index (κ2) is 10.3. The fourth-order valence-corrected chi connectivity index (χ4v) is 2.29. The second-order valence-corrected chi connectivity index (χ2v) is 5.75. The van der Waals surface area contributed by atoms with Gasteiger partial charge in [-0.3, -0.25) is 4.99 Å². The first-order chi connectivity index (χ1) is 11.8. The van der Waals surface area contributed by atoms with Gasteiger partial charge < -0.3 is 4.74 Å². The van der Waals surface area contributed by atoms with Crippen LogP contribution in [-0.2, 0) is 6.42 Å². The van der Waals surface area contributed by atoms with Gasteiger partial charge in [-0.2, -0.15) is 0 Å². The van der Waals surface area contributed by atoms with Gasteiger partial charge in [0.1, 0.15) is 5.75 Å². The normalized spacial score (nSPS) is 10.7. The minimum Gasteiger partial charge on any atom is -0.494 e. The molecule has 0 bridgehead atoms. The van der Waals surface area contributed by atoms with E-state index in [-0.39, 0.29) is 0 Å². The number of hydrogen-bond acceptors (Lipinski definition) is 2. The molecule has 0 N–H and O–H groups in total. The lowest BCUT2D eigenvalue weighted by atomic mass is 10.1. The van der Waals surface area contributed by atoms with E-state index in [1.54, 1.807) is 0 Å². The van der Waals surface area contributed by atoms with Crippen molar-refractivity contribution in [2.75, 3.05) is 6.61 Å². The maximum absolute atomic E-state index is 5.63. The fraction of sp³-hybridized carbons (Fsp3) is 0.318. The highest BCUT2D eigenvalue weighted by Gasteiger charge is 1.95. The summed E-state index contributed by atoms with van der Waals surface area (Å²) in [5.74, 6) is 3.48. The number of rotatable bonds is 9. The van der Waals surface area contributed by atoms with Crippen LogP contribution in [-0.4, -0.2) is 12.8 Å². The molecule has 0 saturated heterocycles. The SMILES string of the molecule is C#CCCCOc1ccc(C=Nc2ccc(CCCC)cc2)cc1. The Morgan fingerprint density at radius 2 is 1.79 bits per heavy atom. The van der Waals surface area contributed by atoms with E-state index in [1.807, 2.05) is 30.5 Å². The molecule has 0 aliphatic heterocycles. The van der Waals surface area contributed by atoms with E-state index in [9.17, 15) is 0 Å². The zero-order chi connectivity index (χ0) is 17.0. The summed E-state index contributed by atoms with van der Waals surface area (Å²) in [6.07, 6.45) is 12.3. The molecule has 0 aromatic heterocycles. The van der Waals surface area contributed by atoms with E-state index >= 15 is 0 Å². The van der Waals surface area contributed by atoms with E-state index < -0.39 is 0 Å². The molecule has 0 aliphatic rings. The highest BCUT2D eigenvalue weighted by molar-refractivity contribution is 5.82. The number of aliphatic imine (C=N–C) groups is 1. The molecule has 0 heterocycles. The van der Waals surface area contributed by atoms with Crippen molar-refractivity contribution in [2.45, 2.75) is 39.0 Å². The summed E-state index contributed by atoms with van der Waals surface area (Å²) in [5.41, 5.74) is 3.41. The van der Waals surface area contributed by atoms with Crippen LogP contribution in [0.3, 0.4) is 0 Å². The lowest BCUT2D eigenvalue weighted by Gasteiger charge is -2.04. The number of benzene rings is 2. The third-order valence-corrected chi connectivity index (χ3v) is 3.73. The number of aryl methyl sites for hydroxylation is 1.